The molecule has 1 aliphatic carbocycles. The van der Waals surface area contributed by atoms with Gasteiger partial charge in [0.25, 0.3) is 0 Å². The van der Waals surface area contributed by atoms with Gasteiger partial charge in [-0.2, -0.15) is 0 Å². The first-order valence-electron chi connectivity index (χ1n) is 6.77. The van der Waals surface area contributed by atoms with Crippen LogP contribution >= 0.6 is 0 Å². The van der Waals surface area contributed by atoms with Crippen LogP contribution in [0.15, 0.2) is 24.3 Å². The molecule has 1 aromatic carbocycles. The van der Waals surface area contributed by atoms with Crippen LogP contribution in [0.3, 0.4) is 0 Å². The number of hydrogen-bond acceptors (Lipinski definition) is 2. The van der Waals surface area contributed by atoms with E-state index in [4.69, 9.17) is 4.74 Å². The minimum atomic E-state index is 0.492. The summed E-state index contributed by atoms with van der Waals surface area (Å²) in [4.78, 5) is 0. The van der Waals surface area contributed by atoms with Crippen molar-refractivity contribution in [2.75, 3.05) is 6.54 Å². The Morgan fingerprint density at radius 1 is 1.41 bits per heavy atom. The smallest absolute Gasteiger partial charge is 0.119 e. The van der Waals surface area contributed by atoms with Crippen LogP contribution < -0.4 is 10.1 Å². The molecule has 0 saturated heterocycles. The first-order chi connectivity index (χ1) is 8.28. The highest BCUT2D eigenvalue weighted by atomic mass is 16.5. The number of benzene rings is 1. The van der Waals surface area contributed by atoms with Crippen LogP contribution in [0.5, 0.6) is 5.75 Å². The predicted octanol–water partition coefficient (Wildman–Crippen LogP) is 3.16. The molecule has 0 spiro atoms. The molecule has 0 heterocycles. The monoisotopic (exact) mass is 233 g/mol. The summed E-state index contributed by atoms with van der Waals surface area (Å²) in [6.07, 6.45) is 5.24. The van der Waals surface area contributed by atoms with Gasteiger partial charge in [-0.3, -0.25) is 0 Å². The Morgan fingerprint density at radius 2 is 2.24 bits per heavy atom. The fraction of sp³-hybridized carbons (Fsp3) is 0.600. The van der Waals surface area contributed by atoms with E-state index in [1.54, 1.807) is 0 Å². The molecule has 1 aliphatic rings. The fourth-order valence-electron chi connectivity index (χ4n) is 1.99. The number of aryl methyl sites for hydroxylation is 1. The highest BCUT2D eigenvalue weighted by Gasteiger charge is 2.23. The van der Waals surface area contributed by atoms with Crippen molar-refractivity contribution in [3.05, 3.63) is 29.8 Å². The average molecular weight is 233 g/mol. The van der Waals surface area contributed by atoms with E-state index < -0.39 is 0 Å². The van der Waals surface area contributed by atoms with Crippen LogP contribution in [0.2, 0.25) is 0 Å². The SMILES string of the molecule is CCNC(C)CCc1cccc(OC2CC2)c1. The lowest BCUT2D eigenvalue weighted by Crippen LogP contribution is -2.25. The molecule has 1 fully saturated rings. The normalized spacial score (nSPS) is 16.8. The van der Waals surface area contributed by atoms with Crippen LogP contribution in [-0.2, 0) is 6.42 Å². The van der Waals surface area contributed by atoms with Crippen LogP contribution in [0.4, 0.5) is 0 Å². The Kier molecular flexibility index (Phi) is 4.43. The quantitative estimate of drug-likeness (QED) is 0.781. The summed E-state index contributed by atoms with van der Waals surface area (Å²) in [7, 11) is 0. The third-order valence-corrected chi connectivity index (χ3v) is 3.14. The minimum Gasteiger partial charge on any atom is -0.490 e. The molecule has 2 heteroatoms. The van der Waals surface area contributed by atoms with Crippen molar-refractivity contribution in [2.24, 2.45) is 0 Å². The van der Waals surface area contributed by atoms with Gasteiger partial charge in [0.1, 0.15) is 5.75 Å². The zero-order chi connectivity index (χ0) is 12.1. The second-order valence-corrected chi connectivity index (χ2v) is 4.96. The molecule has 2 nitrogen and oxygen atoms in total. The van der Waals surface area contributed by atoms with Crippen molar-refractivity contribution in [1.29, 1.82) is 0 Å². The molecule has 2 rings (SSSR count). The van der Waals surface area contributed by atoms with Gasteiger partial charge < -0.3 is 10.1 Å². The van der Waals surface area contributed by atoms with E-state index in [9.17, 15) is 0 Å². The van der Waals surface area contributed by atoms with Gasteiger partial charge >= 0.3 is 0 Å². The molecular weight excluding hydrogens is 210 g/mol. The molecule has 1 unspecified atom stereocenters. The maximum absolute atomic E-state index is 5.80. The van der Waals surface area contributed by atoms with Crippen LogP contribution in [-0.4, -0.2) is 18.7 Å². The zero-order valence-corrected chi connectivity index (χ0v) is 10.9. The molecule has 1 atom stereocenters. The van der Waals surface area contributed by atoms with Gasteiger partial charge in [0.05, 0.1) is 6.10 Å². The van der Waals surface area contributed by atoms with Gasteiger partial charge in [-0.25, -0.2) is 0 Å². The van der Waals surface area contributed by atoms with Crippen molar-refractivity contribution in [3.63, 3.8) is 0 Å². The van der Waals surface area contributed by atoms with E-state index >= 15 is 0 Å². The number of hydrogen-bond donors (Lipinski definition) is 1. The molecule has 0 aliphatic heterocycles. The van der Waals surface area contributed by atoms with Gasteiger partial charge in [0.2, 0.25) is 0 Å². The van der Waals surface area contributed by atoms with Crippen molar-refractivity contribution >= 4 is 0 Å². The van der Waals surface area contributed by atoms with Gasteiger partial charge in [-0.05, 0) is 56.8 Å². The largest absolute Gasteiger partial charge is 0.490 e. The van der Waals surface area contributed by atoms with Crippen LogP contribution in [0.1, 0.15) is 38.7 Å². The van der Waals surface area contributed by atoms with E-state index in [-0.39, 0.29) is 0 Å². The molecule has 1 saturated carbocycles. The zero-order valence-electron chi connectivity index (χ0n) is 10.9. The van der Waals surface area contributed by atoms with E-state index in [1.165, 1.54) is 24.8 Å². The molecular formula is C15H23NO. The first-order valence-corrected chi connectivity index (χ1v) is 6.77. The molecule has 94 valence electrons. The van der Waals surface area contributed by atoms with Crippen molar-refractivity contribution < 1.29 is 4.74 Å². The summed E-state index contributed by atoms with van der Waals surface area (Å²) in [6, 6.07) is 9.14. The van der Waals surface area contributed by atoms with E-state index in [1.807, 2.05) is 0 Å². The lowest BCUT2D eigenvalue weighted by atomic mass is 10.1. The maximum atomic E-state index is 5.80. The van der Waals surface area contributed by atoms with Gasteiger partial charge in [-0.15, -0.1) is 0 Å². The average Bonchev–Trinajstić information content (AvgIpc) is 3.11. The Morgan fingerprint density at radius 3 is 2.94 bits per heavy atom. The Bertz CT molecular complexity index is 347. The highest BCUT2D eigenvalue weighted by molar-refractivity contribution is 5.29. The summed E-state index contributed by atoms with van der Waals surface area (Å²) in [5.74, 6) is 1.04. The Labute approximate surface area is 104 Å². The Hall–Kier alpha value is -1.02. The van der Waals surface area contributed by atoms with E-state index in [2.05, 4.69) is 43.4 Å². The second-order valence-electron chi connectivity index (χ2n) is 4.96. The first kappa shape index (κ1) is 12.4. The Balaban J connectivity index is 1.82. The number of ether oxygens (including phenoxy) is 1. The number of rotatable bonds is 7. The van der Waals surface area contributed by atoms with Crippen LogP contribution in [0, 0.1) is 0 Å². The topological polar surface area (TPSA) is 21.3 Å². The molecule has 0 aromatic heterocycles. The molecule has 0 amide bonds. The van der Waals surface area contributed by atoms with Gasteiger partial charge in [-0.1, -0.05) is 19.1 Å². The lowest BCUT2D eigenvalue weighted by molar-refractivity contribution is 0.303. The molecule has 1 aromatic rings. The van der Waals surface area contributed by atoms with Gasteiger partial charge in [0.15, 0.2) is 0 Å². The maximum Gasteiger partial charge on any atom is 0.119 e. The van der Waals surface area contributed by atoms with E-state index in [0.29, 0.717) is 12.1 Å². The summed E-state index contributed by atoms with van der Waals surface area (Å²) in [5.41, 5.74) is 1.38. The lowest BCUT2D eigenvalue weighted by Gasteiger charge is -2.12. The summed E-state index contributed by atoms with van der Waals surface area (Å²) >= 11 is 0. The van der Waals surface area contributed by atoms with Crippen molar-refractivity contribution in [1.82, 2.24) is 5.32 Å². The standard InChI is InChI=1S/C15H23NO/c1-3-16-12(2)7-8-13-5-4-6-15(11-13)17-14-9-10-14/h4-6,11-12,14,16H,3,7-10H2,1-2H3. The number of nitrogens with one attached hydrogen (secondary N) is 1. The summed E-state index contributed by atoms with van der Waals surface area (Å²) < 4.78 is 5.80. The minimum absolute atomic E-state index is 0.492. The fourth-order valence-corrected chi connectivity index (χ4v) is 1.99. The third-order valence-electron chi connectivity index (χ3n) is 3.14. The second kappa shape index (κ2) is 6.06. The van der Waals surface area contributed by atoms with E-state index in [0.717, 1.165) is 18.7 Å². The third kappa shape index (κ3) is 4.39. The van der Waals surface area contributed by atoms with Crippen molar-refractivity contribution in [3.8, 4) is 5.75 Å². The summed E-state index contributed by atoms with van der Waals surface area (Å²) in [5, 5.41) is 3.44. The molecule has 0 radical (unpaired) electrons. The van der Waals surface area contributed by atoms with Gasteiger partial charge in [0, 0.05) is 6.04 Å². The highest BCUT2D eigenvalue weighted by Crippen LogP contribution is 2.27. The molecule has 0 bridgehead atoms. The van der Waals surface area contributed by atoms with Crippen LogP contribution in [0.25, 0.3) is 0 Å². The molecule has 17 heavy (non-hydrogen) atoms. The van der Waals surface area contributed by atoms with Crippen molar-refractivity contribution in [2.45, 2.75) is 51.7 Å². The predicted molar refractivity (Wildman–Crippen MR) is 71.6 cm³/mol. The molecule has 1 N–H and O–H groups in total. The summed E-state index contributed by atoms with van der Waals surface area (Å²) in [6.45, 7) is 5.45.